The summed E-state index contributed by atoms with van der Waals surface area (Å²) >= 11 is 1.15. The first-order chi connectivity index (χ1) is 18.2. The number of nitrogens with zero attached hydrogens (tertiary/aromatic N) is 1. The van der Waals surface area contributed by atoms with Crippen LogP contribution in [0.1, 0.15) is 119 Å². The Morgan fingerprint density at radius 3 is 2.26 bits per heavy atom. The third-order valence-electron chi connectivity index (χ3n) is 8.73. The summed E-state index contributed by atoms with van der Waals surface area (Å²) in [6, 6.07) is 1.80. The van der Waals surface area contributed by atoms with Crippen LogP contribution in [0.4, 0.5) is 5.69 Å². The Labute approximate surface area is 232 Å². The van der Waals surface area contributed by atoms with Crippen LogP contribution in [-0.2, 0) is 9.53 Å². The van der Waals surface area contributed by atoms with Crippen LogP contribution in [0.3, 0.4) is 0 Å². The lowest BCUT2D eigenvalue weighted by Gasteiger charge is -2.40. The van der Waals surface area contributed by atoms with E-state index in [-0.39, 0.29) is 40.9 Å². The van der Waals surface area contributed by atoms with Crippen LogP contribution >= 0.6 is 11.3 Å². The molecule has 3 aliphatic carbocycles. The fourth-order valence-corrected chi connectivity index (χ4v) is 7.12. The molecule has 0 aromatic carbocycles. The topological polar surface area (TPSA) is 87.1 Å². The van der Waals surface area contributed by atoms with Crippen LogP contribution < -0.4 is 4.90 Å². The van der Waals surface area contributed by atoms with E-state index in [1.54, 1.807) is 0 Å². The molecule has 7 heteroatoms. The second-order valence-electron chi connectivity index (χ2n) is 12.4. The highest BCUT2D eigenvalue weighted by molar-refractivity contribution is 7.15. The third kappa shape index (κ3) is 7.40. The number of aliphatic hydroxyl groups is 1. The predicted octanol–water partition coefficient (Wildman–Crippen LogP) is 6.64. The Morgan fingerprint density at radius 1 is 1.03 bits per heavy atom. The largest absolute Gasteiger partial charge is 0.477 e. The summed E-state index contributed by atoms with van der Waals surface area (Å²) < 4.78 is 6.39. The Balaban J connectivity index is 1.60. The van der Waals surface area contributed by atoms with Crippen molar-refractivity contribution in [2.75, 3.05) is 11.5 Å². The Morgan fingerprint density at radius 2 is 1.66 bits per heavy atom. The minimum atomic E-state index is -1.01. The fourth-order valence-electron chi connectivity index (χ4n) is 6.28. The van der Waals surface area contributed by atoms with Gasteiger partial charge in [-0.05, 0) is 96.5 Å². The number of thiophene rings is 1. The van der Waals surface area contributed by atoms with Gasteiger partial charge in [-0.25, -0.2) is 4.79 Å². The van der Waals surface area contributed by atoms with Crippen molar-refractivity contribution in [1.29, 1.82) is 0 Å². The molecule has 210 valence electrons. The van der Waals surface area contributed by atoms with Crippen molar-refractivity contribution in [3.05, 3.63) is 15.8 Å². The summed E-state index contributed by atoms with van der Waals surface area (Å²) in [5, 5.41) is 19.5. The third-order valence-corrected chi connectivity index (χ3v) is 9.75. The maximum absolute atomic E-state index is 14.1. The molecule has 0 spiro atoms. The van der Waals surface area contributed by atoms with E-state index in [2.05, 4.69) is 18.8 Å². The minimum absolute atomic E-state index is 0.0235. The van der Waals surface area contributed by atoms with Crippen molar-refractivity contribution in [3.8, 4) is 11.8 Å². The molecular formula is C31H45NO5S. The highest BCUT2D eigenvalue weighted by atomic mass is 32.1. The van der Waals surface area contributed by atoms with Crippen molar-refractivity contribution < 1.29 is 24.5 Å². The van der Waals surface area contributed by atoms with Crippen LogP contribution in [0.2, 0.25) is 0 Å². The summed E-state index contributed by atoms with van der Waals surface area (Å²) in [6.07, 6.45) is 13.2. The van der Waals surface area contributed by atoms with Gasteiger partial charge in [0.25, 0.3) is 0 Å². The second kappa shape index (κ2) is 13.0. The molecule has 1 heterocycles. The Bertz CT molecular complexity index is 1010. The number of anilines is 1. The van der Waals surface area contributed by atoms with Crippen molar-refractivity contribution in [3.63, 3.8) is 0 Å². The molecule has 0 saturated heterocycles. The van der Waals surface area contributed by atoms with Crippen LogP contribution in [0, 0.1) is 29.1 Å². The lowest BCUT2D eigenvalue weighted by Crippen LogP contribution is -2.47. The second-order valence-corrected chi connectivity index (χ2v) is 13.4. The van der Waals surface area contributed by atoms with E-state index in [1.165, 1.54) is 12.8 Å². The number of rotatable bonds is 8. The average Bonchev–Trinajstić information content (AvgIpc) is 3.55. The molecule has 3 saturated carbocycles. The van der Waals surface area contributed by atoms with Gasteiger partial charge < -0.3 is 19.8 Å². The number of hydrogen-bond donors (Lipinski definition) is 2. The number of carbonyl (C=O) groups excluding carboxylic acids is 1. The highest BCUT2D eigenvalue weighted by Crippen LogP contribution is 2.39. The maximum atomic E-state index is 14.1. The number of carbonyl (C=O) groups is 2. The molecule has 1 amide bonds. The van der Waals surface area contributed by atoms with Gasteiger partial charge in [0, 0.05) is 24.0 Å². The summed E-state index contributed by atoms with van der Waals surface area (Å²) in [5.74, 6) is 6.00. The molecule has 2 N–H and O–H groups in total. The normalized spacial score (nSPS) is 26.5. The summed E-state index contributed by atoms with van der Waals surface area (Å²) in [5.41, 5.74) is 0.129. The molecule has 4 rings (SSSR count). The first-order valence-corrected chi connectivity index (χ1v) is 15.5. The number of ether oxygens (including phenoxy) is 1. The molecule has 0 bridgehead atoms. The van der Waals surface area contributed by atoms with Crippen molar-refractivity contribution >= 4 is 28.9 Å². The first kappa shape index (κ1) is 29.1. The molecule has 0 radical (unpaired) electrons. The predicted molar refractivity (Wildman–Crippen MR) is 152 cm³/mol. The van der Waals surface area contributed by atoms with Crippen LogP contribution in [0.25, 0.3) is 0 Å². The lowest BCUT2D eigenvalue weighted by molar-refractivity contribution is -0.124. The number of aliphatic hydroxyl groups excluding tert-OH is 1. The monoisotopic (exact) mass is 543 g/mol. The van der Waals surface area contributed by atoms with Gasteiger partial charge in [-0.2, -0.15) is 0 Å². The SMILES string of the molecule is CC(C)(C#Cc1cc(N(C(=O)[C@H]2CC[C@H](C)CC2)[C@H]2CC[C@H](OC3CCCC3)CC2)c(C(=O)O)s1)CCO. The van der Waals surface area contributed by atoms with E-state index >= 15 is 0 Å². The standard InChI is InChI=1S/C31H45NO5S/c1-21-8-10-22(11-9-21)29(34)32(23-12-14-25(15-13-23)37-24-6-4-5-7-24)27-20-26(38-28(27)30(35)36)16-17-31(2,3)18-19-33/h20-25,33H,4-15,18-19H2,1-3H3,(H,35,36)/t21-,22-,23-,25-. The lowest BCUT2D eigenvalue weighted by atomic mass is 9.81. The van der Waals surface area contributed by atoms with Gasteiger partial charge in [-0.1, -0.05) is 31.6 Å². The van der Waals surface area contributed by atoms with E-state index in [0.29, 0.717) is 29.0 Å². The van der Waals surface area contributed by atoms with Crippen LogP contribution in [0.5, 0.6) is 0 Å². The van der Waals surface area contributed by atoms with Gasteiger partial charge in [0.2, 0.25) is 5.91 Å². The molecule has 0 atom stereocenters. The quantitative estimate of drug-likeness (QED) is 0.359. The zero-order valence-electron chi connectivity index (χ0n) is 23.3. The molecule has 3 aliphatic rings. The van der Waals surface area contributed by atoms with E-state index in [4.69, 9.17) is 4.74 Å². The van der Waals surface area contributed by atoms with E-state index < -0.39 is 5.97 Å². The molecule has 1 aromatic heterocycles. The average molecular weight is 544 g/mol. The molecular weight excluding hydrogens is 498 g/mol. The zero-order chi connectivity index (χ0) is 27.3. The van der Waals surface area contributed by atoms with Gasteiger partial charge >= 0.3 is 5.97 Å². The van der Waals surface area contributed by atoms with Gasteiger partial charge in [0.1, 0.15) is 4.88 Å². The number of amides is 1. The van der Waals surface area contributed by atoms with Crippen molar-refractivity contribution in [2.45, 2.75) is 122 Å². The Kier molecular flexibility index (Phi) is 9.95. The first-order valence-electron chi connectivity index (χ1n) is 14.7. The number of carboxylic acids is 1. The highest BCUT2D eigenvalue weighted by Gasteiger charge is 2.38. The molecule has 6 nitrogen and oxygen atoms in total. The van der Waals surface area contributed by atoms with E-state index in [9.17, 15) is 19.8 Å². The maximum Gasteiger partial charge on any atom is 0.348 e. The number of carboxylic acid groups (broad SMARTS) is 1. The van der Waals surface area contributed by atoms with Crippen LogP contribution in [-0.4, -0.2) is 46.9 Å². The van der Waals surface area contributed by atoms with Gasteiger partial charge in [-0.3, -0.25) is 4.79 Å². The molecule has 3 fully saturated rings. The summed E-state index contributed by atoms with van der Waals surface area (Å²) in [6.45, 7) is 6.23. The summed E-state index contributed by atoms with van der Waals surface area (Å²) in [4.78, 5) is 29.2. The zero-order valence-corrected chi connectivity index (χ0v) is 24.2. The van der Waals surface area contributed by atoms with Gasteiger partial charge in [-0.15, -0.1) is 11.3 Å². The Hall–Kier alpha value is -1.88. The molecule has 0 aliphatic heterocycles. The fraction of sp³-hybridized carbons (Fsp3) is 0.742. The minimum Gasteiger partial charge on any atom is -0.477 e. The summed E-state index contributed by atoms with van der Waals surface area (Å²) in [7, 11) is 0. The molecule has 38 heavy (non-hydrogen) atoms. The number of aromatic carboxylic acids is 1. The van der Waals surface area contributed by atoms with E-state index in [1.807, 2.05) is 24.8 Å². The number of hydrogen-bond acceptors (Lipinski definition) is 5. The molecule has 1 aromatic rings. The van der Waals surface area contributed by atoms with Crippen molar-refractivity contribution in [1.82, 2.24) is 0 Å². The van der Waals surface area contributed by atoms with Crippen LogP contribution in [0.15, 0.2) is 6.07 Å². The molecule has 0 unspecified atom stereocenters. The van der Waals surface area contributed by atoms with Gasteiger partial charge in [0.05, 0.1) is 22.8 Å². The smallest absolute Gasteiger partial charge is 0.348 e. The van der Waals surface area contributed by atoms with Crippen molar-refractivity contribution in [2.24, 2.45) is 17.3 Å². The van der Waals surface area contributed by atoms with E-state index in [0.717, 1.165) is 75.5 Å². The van der Waals surface area contributed by atoms with Gasteiger partial charge in [0.15, 0.2) is 0 Å².